The Morgan fingerprint density at radius 3 is 2.42 bits per heavy atom. The Hall–Kier alpha value is -4.15. The smallest absolute Gasteiger partial charge is 0.276 e. The van der Waals surface area contributed by atoms with E-state index in [1.165, 1.54) is 0 Å². The molecule has 0 atom stereocenters. The van der Waals surface area contributed by atoms with Crippen molar-refractivity contribution in [3.8, 4) is 22.8 Å². The molecule has 1 fully saturated rings. The number of anilines is 1. The molecule has 2 aromatic carbocycles. The van der Waals surface area contributed by atoms with Gasteiger partial charge in [-0.25, -0.2) is 9.50 Å². The van der Waals surface area contributed by atoms with Gasteiger partial charge in [0.2, 0.25) is 0 Å². The summed E-state index contributed by atoms with van der Waals surface area (Å²) < 4.78 is 12.3. The van der Waals surface area contributed by atoms with Crippen molar-refractivity contribution in [1.29, 1.82) is 0 Å². The van der Waals surface area contributed by atoms with Crippen LogP contribution in [0.3, 0.4) is 0 Å². The second kappa shape index (κ2) is 10.7. The van der Waals surface area contributed by atoms with Gasteiger partial charge in [-0.3, -0.25) is 9.59 Å². The van der Waals surface area contributed by atoms with Crippen LogP contribution in [0.1, 0.15) is 20.8 Å². The summed E-state index contributed by atoms with van der Waals surface area (Å²) in [5, 5.41) is 7.58. The SMILES string of the molecule is COc1ccc(-c2ccnc3cc(C(=O)Nc4ccc(C(=O)N5CCN(C)CC5)c(Cl)c4)nn23)cc1OC. The Labute approximate surface area is 224 Å². The predicted molar refractivity (Wildman–Crippen MR) is 144 cm³/mol. The van der Waals surface area contributed by atoms with Gasteiger partial charge in [0.15, 0.2) is 22.8 Å². The molecule has 2 amide bonds. The average molecular weight is 535 g/mol. The summed E-state index contributed by atoms with van der Waals surface area (Å²) in [6.07, 6.45) is 1.65. The maximum atomic E-state index is 13.0. The van der Waals surface area contributed by atoms with Crippen molar-refractivity contribution in [1.82, 2.24) is 24.4 Å². The molecular weight excluding hydrogens is 508 g/mol. The van der Waals surface area contributed by atoms with Crippen LogP contribution in [0.2, 0.25) is 5.02 Å². The molecule has 1 aliphatic heterocycles. The van der Waals surface area contributed by atoms with Gasteiger partial charge in [0.1, 0.15) is 0 Å². The molecule has 3 heterocycles. The Kier molecular flexibility index (Phi) is 7.17. The molecule has 38 heavy (non-hydrogen) atoms. The number of hydrogen-bond acceptors (Lipinski definition) is 7. The van der Waals surface area contributed by atoms with E-state index in [1.54, 1.807) is 66.2 Å². The van der Waals surface area contributed by atoms with E-state index < -0.39 is 5.91 Å². The normalized spacial score (nSPS) is 13.9. The average Bonchev–Trinajstić information content (AvgIpc) is 3.38. The van der Waals surface area contributed by atoms with Crippen molar-refractivity contribution in [2.75, 3.05) is 52.8 Å². The number of hydrogen-bond donors (Lipinski definition) is 1. The van der Waals surface area contributed by atoms with Gasteiger partial charge >= 0.3 is 0 Å². The number of aromatic nitrogens is 3. The second-order valence-corrected chi connectivity index (χ2v) is 9.35. The summed E-state index contributed by atoms with van der Waals surface area (Å²) in [6, 6.07) is 13.8. The molecule has 0 spiro atoms. The van der Waals surface area contributed by atoms with Gasteiger partial charge in [-0.2, -0.15) is 5.10 Å². The number of carbonyl (C=O) groups is 2. The van der Waals surface area contributed by atoms with Crippen LogP contribution in [-0.2, 0) is 0 Å². The first-order valence-electron chi connectivity index (χ1n) is 12.0. The van der Waals surface area contributed by atoms with Crippen LogP contribution in [-0.4, -0.2) is 83.7 Å². The molecule has 1 N–H and O–H groups in total. The molecule has 4 aromatic rings. The zero-order chi connectivity index (χ0) is 26.8. The van der Waals surface area contributed by atoms with E-state index in [4.69, 9.17) is 21.1 Å². The summed E-state index contributed by atoms with van der Waals surface area (Å²) >= 11 is 6.44. The first kappa shape index (κ1) is 25.5. The number of ether oxygens (including phenoxy) is 2. The van der Waals surface area contributed by atoms with Gasteiger partial charge in [0.05, 0.1) is 30.5 Å². The zero-order valence-electron chi connectivity index (χ0n) is 21.3. The Morgan fingerprint density at radius 2 is 1.71 bits per heavy atom. The molecule has 10 nitrogen and oxygen atoms in total. The molecule has 2 aromatic heterocycles. The summed E-state index contributed by atoms with van der Waals surface area (Å²) in [4.78, 5) is 34.3. The summed E-state index contributed by atoms with van der Waals surface area (Å²) in [5.74, 6) is 0.640. The lowest BCUT2D eigenvalue weighted by Crippen LogP contribution is -2.47. The van der Waals surface area contributed by atoms with E-state index in [1.807, 2.05) is 19.2 Å². The van der Waals surface area contributed by atoms with Crippen LogP contribution < -0.4 is 14.8 Å². The number of nitrogens with zero attached hydrogens (tertiary/aromatic N) is 5. The van der Waals surface area contributed by atoms with E-state index in [-0.39, 0.29) is 16.6 Å². The number of methoxy groups -OCH3 is 2. The quantitative estimate of drug-likeness (QED) is 0.402. The maximum absolute atomic E-state index is 13.0. The number of fused-ring (bicyclic) bond motifs is 1. The first-order valence-corrected chi connectivity index (χ1v) is 12.4. The molecule has 1 aliphatic rings. The lowest BCUT2D eigenvalue weighted by Gasteiger charge is -2.32. The Bertz CT molecular complexity index is 1510. The first-order chi connectivity index (χ1) is 18.4. The minimum absolute atomic E-state index is 0.116. The zero-order valence-corrected chi connectivity index (χ0v) is 22.0. The molecule has 0 radical (unpaired) electrons. The van der Waals surface area contributed by atoms with Gasteiger partial charge in [0.25, 0.3) is 11.8 Å². The largest absolute Gasteiger partial charge is 0.493 e. The van der Waals surface area contributed by atoms with Crippen LogP contribution in [0, 0.1) is 0 Å². The Balaban J connectivity index is 1.36. The van der Waals surface area contributed by atoms with Crippen LogP contribution in [0.25, 0.3) is 16.9 Å². The summed E-state index contributed by atoms with van der Waals surface area (Å²) in [5.41, 5.74) is 3.10. The minimum atomic E-state index is -0.428. The van der Waals surface area contributed by atoms with Crippen LogP contribution >= 0.6 is 11.6 Å². The molecular formula is C27H27ClN6O4. The second-order valence-electron chi connectivity index (χ2n) is 8.94. The lowest BCUT2D eigenvalue weighted by molar-refractivity contribution is 0.0664. The van der Waals surface area contributed by atoms with E-state index >= 15 is 0 Å². The molecule has 0 bridgehead atoms. The molecule has 11 heteroatoms. The van der Waals surface area contributed by atoms with Crippen molar-refractivity contribution in [2.24, 2.45) is 0 Å². The van der Waals surface area contributed by atoms with Crippen molar-refractivity contribution < 1.29 is 19.1 Å². The van der Waals surface area contributed by atoms with Crippen molar-refractivity contribution in [3.63, 3.8) is 0 Å². The van der Waals surface area contributed by atoms with Gasteiger partial charge in [0, 0.05) is 49.7 Å². The third-order valence-electron chi connectivity index (χ3n) is 6.52. The third kappa shape index (κ3) is 5.00. The highest BCUT2D eigenvalue weighted by atomic mass is 35.5. The van der Waals surface area contributed by atoms with Crippen molar-refractivity contribution >= 4 is 34.7 Å². The highest BCUT2D eigenvalue weighted by Crippen LogP contribution is 2.32. The fraction of sp³-hybridized carbons (Fsp3) is 0.259. The van der Waals surface area contributed by atoms with Crippen molar-refractivity contribution in [3.05, 3.63) is 71.0 Å². The van der Waals surface area contributed by atoms with Gasteiger partial charge in [-0.15, -0.1) is 0 Å². The minimum Gasteiger partial charge on any atom is -0.493 e. The Morgan fingerprint density at radius 1 is 0.947 bits per heavy atom. The van der Waals surface area contributed by atoms with Crippen LogP contribution in [0.15, 0.2) is 54.7 Å². The maximum Gasteiger partial charge on any atom is 0.276 e. The fourth-order valence-corrected chi connectivity index (χ4v) is 4.62. The van der Waals surface area contributed by atoms with Crippen molar-refractivity contribution in [2.45, 2.75) is 0 Å². The van der Waals surface area contributed by atoms with Gasteiger partial charge in [-0.05, 0) is 49.5 Å². The number of piperazine rings is 1. The predicted octanol–water partition coefficient (Wildman–Crippen LogP) is 3.71. The molecule has 5 rings (SSSR count). The van der Waals surface area contributed by atoms with E-state index in [0.29, 0.717) is 41.5 Å². The molecule has 0 unspecified atom stereocenters. The van der Waals surface area contributed by atoms with E-state index in [9.17, 15) is 9.59 Å². The van der Waals surface area contributed by atoms with E-state index in [2.05, 4.69) is 20.3 Å². The van der Waals surface area contributed by atoms with Gasteiger partial charge in [-0.1, -0.05) is 11.6 Å². The van der Waals surface area contributed by atoms with Crippen LogP contribution in [0.5, 0.6) is 11.5 Å². The fourth-order valence-electron chi connectivity index (χ4n) is 4.36. The molecule has 0 aliphatic carbocycles. The number of rotatable bonds is 6. The monoisotopic (exact) mass is 534 g/mol. The highest BCUT2D eigenvalue weighted by Gasteiger charge is 2.23. The number of benzene rings is 2. The lowest BCUT2D eigenvalue weighted by atomic mass is 10.1. The summed E-state index contributed by atoms with van der Waals surface area (Å²) in [6.45, 7) is 2.94. The standard InChI is InChI=1S/C27H27ClN6O4/c1-32-10-12-33(13-11-32)27(36)19-6-5-18(15-20(19)28)30-26(35)21-16-25-29-9-8-22(34(25)31-21)17-4-7-23(37-2)24(14-17)38-3/h4-9,14-16H,10-13H2,1-3H3,(H,30,35). The molecule has 0 saturated carbocycles. The highest BCUT2D eigenvalue weighted by molar-refractivity contribution is 6.34. The third-order valence-corrected chi connectivity index (χ3v) is 6.83. The number of amides is 2. The number of carbonyl (C=O) groups excluding carboxylic acids is 2. The number of nitrogens with one attached hydrogen (secondary N) is 1. The molecule has 196 valence electrons. The molecule has 1 saturated heterocycles. The van der Waals surface area contributed by atoms with Gasteiger partial charge < -0.3 is 24.6 Å². The topological polar surface area (TPSA) is 101 Å². The van der Waals surface area contributed by atoms with Crippen LogP contribution in [0.4, 0.5) is 5.69 Å². The number of likely N-dealkylation sites (N-methyl/N-ethyl adjacent to an activating group) is 1. The summed E-state index contributed by atoms with van der Waals surface area (Å²) in [7, 11) is 5.18. The van der Waals surface area contributed by atoms with E-state index in [0.717, 1.165) is 24.3 Å². The number of halogens is 1.